The molecule has 0 fully saturated rings. The van der Waals surface area contributed by atoms with Gasteiger partial charge in [0.1, 0.15) is 5.75 Å². The van der Waals surface area contributed by atoms with Crippen LogP contribution in [0.4, 0.5) is 0 Å². The van der Waals surface area contributed by atoms with Crippen molar-refractivity contribution in [2.45, 2.75) is 17.8 Å². The van der Waals surface area contributed by atoms with E-state index in [0.29, 0.717) is 6.61 Å². The van der Waals surface area contributed by atoms with E-state index in [1.807, 2.05) is 85.6 Å². The third-order valence-corrected chi connectivity index (χ3v) is 5.20. The van der Waals surface area contributed by atoms with Gasteiger partial charge in [0.2, 0.25) is 0 Å². The highest BCUT2D eigenvalue weighted by molar-refractivity contribution is 7.98. The SMILES string of the molecule is CCOc1ccc(-n2c(SCc3cnn(C)c3)nnc2-c2ccccc2)cc1. The second kappa shape index (κ2) is 8.31. The number of thioether (sulfide) groups is 1. The Morgan fingerprint density at radius 2 is 1.79 bits per heavy atom. The Morgan fingerprint density at radius 1 is 1.00 bits per heavy atom. The summed E-state index contributed by atoms with van der Waals surface area (Å²) in [6, 6.07) is 18.1. The topological polar surface area (TPSA) is 57.8 Å². The number of aryl methyl sites for hydroxylation is 1. The summed E-state index contributed by atoms with van der Waals surface area (Å²) in [6.45, 7) is 2.63. The van der Waals surface area contributed by atoms with Crippen molar-refractivity contribution in [2.75, 3.05) is 6.61 Å². The van der Waals surface area contributed by atoms with E-state index in [-0.39, 0.29) is 0 Å². The van der Waals surface area contributed by atoms with Crippen LogP contribution in [-0.4, -0.2) is 31.2 Å². The van der Waals surface area contributed by atoms with Gasteiger partial charge in [0.05, 0.1) is 12.8 Å². The van der Waals surface area contributed by atoms with E-state index in [4.69, 9.17) is 4.74 Å². The first-order chi connectivity index (χ1) is 13.7. The average Bonchev–Trinajstić information content (AvgIpc) is 3.34. The van der Waals surface area contributed by atoms with Gasteiger partial charge in [-0.15, -0.1) is 10.2 Å². The second-order valence-electron chi connectivity index (χ2n) is 6.25. The van der Waals surface area contributed by atoms with E-state index in [2.05, 4.69) is 19.9 Å². The summed E-state index contributed by atoms with van der Waals surface area (Å²) in [5.74, 6) is 2.45. The summed E-state index contributed by atoms with van der Waals surface area (Å²) in [5, 5.41) is 14.0. The van der Waals surface area contributed by atoms with Gasteiger partial charge in [-0.2, -0.15) is 5.10 Å². The van der Waals surface area contributed by atoms with Crippen LogP contribution < -0.4 is 4.74 Å². The fourth-order valence-corrected chi connectivity index (χ4v) is 3.79. The molecule has 4 rings (SSSR count). The van der Waals surface area contributed by atoms with Gasteiger partial charge in [-0.3, -0.25) is 9.25 Å². The average molecular weight is 392 g/mol. The molecule has 0 aliphatic rings. The van der Waals surface area contributed by atoms with Crippen LogP contribution in [0.3, 0.4) is 0 Å². The molecule has 0 aliphatic heterocycles. The zero-order chi connectivity index (χ0) is 19.3. The zero-order valence-corrected chi connectivity index (χ0v) is 16.6. The highest BCUT2D eigenvalue weighted by Gasteiger charge is 2.16. The molecule has 0 saturated heterocycles. The third-order valence-electron chi connectivity index (χ3n) is 4.20. The van der Waals surface area contributed by atoms with Crippen LogP contribution in [0.2, 0.25) is 0 Å². The van der Waals surface area contributed by atoms with E-state index >= 15 is 0 Å². The smallest absolute Gasteiger partial charge is 0.196 e. The molecule has 2 heterocycles. The molecule has 0 saturated carbocycles. The molecule has 0 amide bonds. The maximum Gasteiger partial charge on any atom is 0.196 e. The van der Waals surface area contributed by atoms with Crippen molar-refractivity contribution in [3.05, 3.63) is 72.6 Å². The Hall–Kier alpha value is -3.06. The third kappa shape index (κ3) is 3.94. The van der Waals surface area contributed by atoms with Crippen LogP contribution in [0, 0.1) is 0 Å². The van der Waals surface area contributed by atoms with Gasteiger partial charge in [0.15, 0.2) is 11.0 Å². The molecule has 4 aromatic rings. The Balaban J connectivity index is 1.70. The summed E-state index contributed by atoms with van der Waals surface area (Å²) >= 11 is 1.64. The maximum absolute atomic E-state index is 5.58. The molecule has 0 radical (unpaired) electrons. The van der Waals surface area contributed by atoms with Crippen LogP contribution in [0.15, 0.2) is 72.1 Å². The molecule has 0 spiro atoms. The number of hydrogen-bond acceptors (Lipinski definition) is 5. The molecule has 6 nitrogen and oxygen atoms in total. The second-order valence-corrected chi connectivity index (χ2v) is 7.19. The Bertz CT molecular complexity index is 1040. The van der Waals surface area contributed by atoms with Crippen molar-refractivity contribution in [1.82, 2.24) is 24.5 Å². The molecular formula is C21H21N5OS. The van der Waals surface area contributed by atoms with Crippen LogP contribution in [0.25, 0.3) is 17.1 Å². The minimum atomic E-state index is 0.646. The molecule has 0 bridgehead atoms. The van der Waals surface area contributed by atoms with E-state index in [1.54, 1.807) is 11.8 Å². The summed E-state index contributed by atoms with van der Waals surface area (Å²) in [4.78, 5) is 0. The predicted molar refractivity (Wildman–Crippen MR) is 111 cm³/mol. The molecule has 0 aliphatic carbocycles. The lowest BCUT2D eigenvalue weighted by molar-refractivity contribution is 0.340. The quantitative estimate of drug-likeness (QED) is 0.438. The van der Waals surface area contributed by atoms with E-state index in [0.717, 1.165) is 39.3 Å². The normalized spacial score (nSPS) is 10.9. The standard InChI is InChI=1S/C21H21N5OS/c1-3-27-19-11-9-18(10-12-19)26-20(17-7-5-4-6-8-17)23-24-21(26)28-15-16-13-22-25(2)14-16/h4-14H,3,15H2,1-2H3. The van der Waals surface area contributed by atoms with Crippen molar-refractivity contribution in [3.63, 3.8) is 0 Å². The van der Waals surface area contributed by atoms with Gasteiger partial charge < -0.3 is 4.74 Å². The first-order valence-electron chi connectivity index (χ1n) is 9.09. The summed E-state index contributed by atoms with van der Waals surface area (Å²) in [6.07, 6.45) is 3.89. The minimum absolute atomic E-state index is 0.646. The lowest BCUT2D eigenvalue weighted by Gasteiger charge is -2.11. The molecule has 0 N–H and O–H groups in total. The molecular weight excluding hydrogens is 370 g/mol. The molecule has 2 aromatic carbocycles. The van der Waals surface area contributed by atoms with Crippen LogP contribution in [0.5, 0.6) is 5.75 Å². The van der Waals surface area contributed by atoms with Crippen molar-refractivity contribution in [1.29, 1.82) is 0 Å². The number of nitrogens with zero attached hydrogens (tertiary/aromatic N) is 5. The van der Waals surface area contributed by atoms with Gasteiger partial charge >= 0.3 is 0 Å². The van der Waals surface area contributed by atoms with Gasteiger partial charge in [0, 0.05) is 35.8 Å². The Labute approximate surface area is 168 Å². The molecule has 0 unspecified atom stereocenters. The summed E-state index contributed by atoms with van der Waals surface area (Å²) in [7, 11) is 1.92. The zero-order valence-electron chi connectivity index (χ0n) is 15.8. The number of benzene rings is 2. The summed E-state index contributed by atoms with van der Waals surface area (Å²) in [5.41, 5.74) is 3.17. The van der Waals surface area contributed by atoms with Crippen molar-refractivity contribution >= 4 is 11.8 Å². The fraction of sp³-hybridized carbons (Fsp3) is 0.190. The van der Waals surface area contributed by atoms with E-state index < -0.39 is 0 Å². The highest BCUT2D eigenvalue weighted by atomic mass is 32.2. The molecule has 2 aromatic heterocycles. The Morgan fingerprint density at radius 3 is 2.46 bits per heavy atom. The molecule has 28 heavy (non-hydrogen) atoms. The lowest BCUT2D eigenvalue weighted by Crippen LogP contribution is -2.00. The van der Waals surface area contributed by atoms with Crippen LogP contribution >= 0.6 is 11.8 Å². The first-order valence-corrected chi connectivity index (χ1v) is 10.1. The summed E-state index contributed by atoms with van der Waals surface area (Å²) < 4.78 is 9.47. The fourth-order valence-electron chi connectivity index (χ4n) is 2.92. The van der Waals surface area contributed by atoms with Crippen molar-refractivity contribution in [3.8, 4) is 22.8 Å². The largest absolute Gasteiger partial charge is 0.494 e. The van der Waals surface area contributed by atoms with Crippen LogP contribution in [-0.2, 0) is 12.8 Å². The monoisotopic (exact) mass is 391 g/mol. The number of hydrogen-bond donors (Lipinski definition) is 0. The van der Waals surface area contributed by atoms with Gasteiger partial charge in [0.25, 0.3) is 0 Å². The van der Waals surface area contributed by atoms with E-state index in [1.165, 1.54) is 0 Å². The first kappa shape index (κ1) is 18.3. The Kier molecular flexibility index (Phi) is 5.43. The number of aromatic nitrogens is 5. The molecule has 0 atom stereocenters. The molecule has 142 valence electrons. The lowest BCUT2D eigenvalue weighted by atomic mass is 10.2. The van der Waals surface area contributed by atoms with E-state index in [9.17, 15) is 0 Å². The van der Waals surface area contributed by atoms with Gasteiger partial charge in [-0.05, 0) is 31.2 Å². The molecule has 7 heteroatoms. The highest BCUT2D eigenvalue weighted by Crippen LogP contribution is 2.30. The van der Waals surface area contributed by atoms with Crippen molar-refractivity contribution < 1.29 is 4.74 Å². The predicted octanol–water partition coefficient (Wildman–Crippen LogP) is 4.36. The number of ether oxygens (including phenoxy) is 1. The maximum atomic E-state index is 5.58. The van der Waals surface area contributed by atoms with Crippen molar-refractivity contribution in [2.24, 2.45) is 7.05 Å². The van der Waals surface area contributed by atoms with Crippen LogP contribution in [0.1, 0.15) is 12.5 Å². The minimum Gasteiger partial charge on any atom is -0.494 e. The van der Waals surface area contributed by atoms with Gasteiger partial charge in [-0.25, -0.2) is 0 Å². The number of rotatable bonds is 7. The van der Waals surface area contributed by atoms with Gasteiger partial charge in [-0.1, -0.05) is 42.1 Å².